The third-order valence-electron chi connectivity index (χ3n) is 9.32. The number of para-hydroxylation sites is 2. The van der Waals surface area contributed by atoms with Gasteiger partial charge >= 0.3 is 0 Å². The van der Waals surface area contributed by atoms with Gasteiger partial charge in [-0.25, -0.2) is 0 Å². The van der Waals surface area contributed by atoms with Crippen LogP contribution >= 0.6 is 0 Å². The van der Waals surface area contributed by atoms with Gasteiger partial charge in [-0.3, -0.25) is 0 Å². The van der Waals surface area contributed by atoms with E-state index in [0.29, 0.717) is 0 Å². The minimum Gasteiger partial charge on any atom is -0.457 e. The lowest BCUT2D eigenvalue weighted by molar-refractivity contribution is 0.438. The van der Waals surface area contributed by atoms with Gasteiger partial charge in [0.15, 0.2) is 0 Å². The third-order valence-corrected chi connectivity index (χ3v) is 9.32. The van der Waals surface area contributed by atoms with E-state index in [9.17, 15) is 0 Å². The number of rotatable bonds is 5. The van der Waals surface area contributed by atoms with E-state index >= 15 is 0 Å². The van der Waals surface area contributed by atoms with Crippen LogP contribution in [0, 0.1) is 0 Å². The monoisotopic (exact) mass is 575 g/mol. The lowest BCUT2D eigenvalue weighted by atomic mass is 9.66. The van der Waals surface area contributed by atoms with Gasteiger partial charge in [-0.05, 0) is 81.9 Å². The van der Waals surface area contributed by atoms with Gasteiger partial charge < -0.3 is 9.64 Å². The molecule has 45 heavy (non-hydrogen) atoms. The van der Waals surface area contributed by atoms with Crippen LogP contribution < -0.4 is 9.64 Å². The van der Waals surface area contributed by atoms with Crippen LogP contribution in [0.25, 0.3) is 22.3 Å². The second-order valence-corrected chi connectivity index (χ2v) is 11.7. The predicted molar refractivity (Wildman–Crippen MR) is 184 cm³/mol. The lowest BCUT2D eigenvalue weighted by Gasteiger charge is -2.39. The zero-order valence-corrected chi connectivity index (χ0v) is 24.6. The molecular weight excluding hydrogens is 546 g/mol. The van der Waals surface area contributed by atoms with E-state index in [2.05, 4.69) is 181 Å². The Morgan fingerprint density at radius 2 is 0.978 bits per heavy atom. The largest absolute Gasteiger partial charge is 0.457 e. The van der Waals surface area contributed by atoms with Crippen molar-refractivity contribution in [2.75, 3.05) is 4.90 Å². The maximum absolute atomic E-state index is 6.56. The topological polar surface area (TPSA) is 12.5 Å². The highest BCUT2D eigenvalue weighted by atomic mass is 16.5. The first-order chi connectivity index (χ1) is 22.3. The van der Waals surface area contributed by atoms with Gasteiger partial charge in [0, 0.05) is 28.2 Å². The van der Waals surface area contributed by atoms with E-state index in [1.165, 1.54) is 44.5 Å². The summed E-state index contributed by atoms with van der Waals surface area (Å²) in [5.74, 6) is 1.83. The normalized spacial score (nSPS) is 15.4. The van der Waals surface area contributed by atoms with E-state index in [4.69, 9.17) is 4.74 Å². The van der Waals surface area contributed by atoms with Gasteiger partial charge in [0.1, 0.15) is 11.5 Å². The van der Waals surface area contributed by atoms with Crippen molar-refractivity contribution in [3.05, 3.63) is 198 Å². The molecule has 1 heterocycles. The molecule has 212 valence electrons. The Labute approximate surface area is 263 Å². The van der Waals surface area contributed by atoms with Gasteiger partial charge in [0.25, 0.3) is 0 Å². The van der Waals surface area contributed by atoms with Crippen molar-refractivity contribution in [3.63, 3.8) is 0 Å². The summed E-state index contributed by atoms with van der Waals surface area (Å²) in [6.07, 6.45) is 0. The summed E-state index contributed by atoms with van der Waals surface area (Å²) in [4.78, 5) is 2.34. The molecule has 1 aliphatic carbocycles. The highest BCUT2D eigenvalue weighted by Gasteiger charge is 2.51. The summed E-state index contributed by atoms with van der Waals surface area (Å²) in [6, 6.07) is 63.0. The quantitative estimate of drug-likeness (QED) is 0.202. The van der Waals surface area contributed by atoms with Crippen molar-refractivity contribution in [3.8, 4) is 33.8 Å². The molecule has 2 nitrogen and oxygen atoms in total. The number of nitrogens with zero attached hydrogens (tertiary/aromatic N) is 1. The van der Waals surface area contributed by atoms with Crippen LogP contribution in [0.1, 0.15) is 22.3 Å². The van der Waals surface area contributed by atoms with Crippen molar-refractivity contribution in [1.82, 2.24) is 0 Å². The summed E-state index contributed by atoms with van der Waals surface area (Å²) >= 11 is 0. The maximum atomic E-state index is 6.56. The molecule has 0 saturated heterocycles. The van der Waals surface area contributed by atoms with Gasteiger partial charge in [0.2, 0.25) is 0 Å². The minimum atomic E-state index is -0.472. The fourth-order valence-corrected chi connectivity index (χ4v) is 7.47. The number of benzene rings is 7. The molecule has 0 aromatic heterocycles. The third kappa shape index (κ3) is 3.82. The van der Waals surface area contributed by atoms with Crippen molar-refractivity contribution in [2.45, 2.75) is 5.41 Å². The standard InChI is InChI=1S/C43H29NO/c1-3-13-30(14-4-1)31-15-11-18-35(29-31)44(33-16-5-2-6-17-33)34-27-25-32(26-28-34)43-38-21-8-7-19-36(38)37-20-12-24-41(42(37)43)45-40-23-10-9-22-39(40)43/h1-29H. The summed E-state index contributed by atoms with van der Waals surface area (Å²) in [6.45, 7) is 0. The number of anilines is 3. The average Bonchev–Trinajstić information content (AvgIpc) is 3.42. The fourth-order valence-electron chi connectivity index (χ4n) is 7.47. The molecule has 0 bridgehead atoms. The molecule has 0 fully saturated rings. The highest BCUT2D eigenvalue weighted by molar-refractivity contribution is 5.90. The van der Waals surface area contributed by atoms with Crippen LogP contribution in [0.2, 0.25) is 0 Å². The first-order valence-corrected chi connectivity index (χ1v) is 15.4. The summed E-state index contributed by atoms with van der Waals surface area (Å²) in [5, 5.41) is 0. The summed E-state index contributed by atoms with van der Waals surface area (Å²) in [7, 11) is 0. The molecule has 0 amide bonds. The van der Waals surface area contributed by atoms with Crippen LogP contribution in [-0.2, 0) is 5.41 Å². The Kier molecular flexibility index (Phi) is 5.76. The Hall–Kier alpha value is -5.86. The van der Waals surface area contributed by atoms with Crippen molar-refractivity contribution in [1.29, 1.82) is 0 Å². The van der Waals surface area contributed by atoms with Gasteiger partial charge in [0.05, 0.1) is 5.41 Å². The van der Waals surface area contributed by atoms with Crippen molar-refractivity contribution >= 4 is 17.1 Å². The molecule has 0 spiro atoms. The molecule has 2 heteroatoms. The summed E-state index contributed by atoms with van der Waals surface area (Å²) in [5.41, 5.74) is 12.7. The first-order valence-electron chi connectivity index (χ1n) is 15.4. The molecule has 2 aliphatic rings. The van der Waals surface area contributed by atoms with Crippen LogP contribution in [0.5, 0.6) is 11.5 Å². The molecular formula is C43H29NO. The zero-order chi connectivity index (χ0) is 29.8. The SMILES string of the molecule is c1ccc(-c2cccc(N(c3ccccc3)c3ccc(C45c6ccccc6Oc6cccc(c64)-c4ccccc45)cc3)c2)cc1. The van der Waals surface area contributed by atoms with Gasteiger partial charge in [-0.2, -0.15) is 0 Å². The Bertz CT molecular complexity index is 2190. The number of ether oxygens (including phenoxy) is 1. The average molecular weight is 576 g/mol. The van der Waals surface area contributed by atoms with Crippen LogP contribution in [-0.4, -0.2) is 0 Å². The first kappa shape index (κ1) is 25.6. The molecule has 0 saturated carbocycles. The molecule has 9 rings (SSSR count). The minimum absolute atomic E-state index is 0.472. The van der Waals surface area contributed by atoms with E-state index in [-0.39, 0.29) is 0 Å². The lowest BCUT2D eigenvalue weighted by Crippen LogP contribution is -2.32. The fraction of sp³-hybridized carbons (Fsp3) is 0.0233. The van der Waals surface area contributed by atoms with E-state index in [1.54, 1.807) is 0 Å². The molecule has 0 N–H and O–H groups in total. The van der Waals surface area contributed by atoms with Gasteiger partial charge in [-0.15, -0.1) is 0 Å². The molecule has 1 aliphatic heterocycles. The molecule has 7 aromatic carbocycles. The van der Waals surface area contributed by atoms with E-state index in [1.807, 2.05) is 0 Å². The Morgan fingerprint density at radius 1 is 0.400 bits per heavy atom. The number of hydrogen-bond donors (Lipinski definition) is 0. The second kappa shape index (κ2) is 10.1. The second-order valence-electron chi connectivity index (χ2n) is 11.7. The molecule has 1 atom stereocenters. The zero-order valence-electron chi connectivity index (χ0n) is 24.6. The van der Waals surface area contributed by atoms with Crippen LogP contribution in [0.3, 0.4) is 0 Å². The maximum Gasteiger partial charge on any atom is 0.132 e. The Balaban J connectivity index is 1.24. The molecule has 0 radical (unpaired) electrons. The van der Waals surface area contributed by atoms with E-state index < -0.39 is 5.41 Å². The number of fused-ring (bicyclic) bond motifs is 5. The van der Waals surface area contributed by atoms with Crippen LogP contribution in [0.15, 0.2) is 176 Å². The summed E-state index contributed by atoms with van der Waals surface area (Å²) < 4.78 is 6.56. The number of hydrogen-bond acceptors (Lipinski definition) is 2. The highest BCUT2D eigenvalue weighted by Crippen LogP contribution is 2.63. The molecule has 7 aromatic rings. The molecule has 1 unspecified atom stereocenters. The Morgan fingerprint density at radius 3 is 1.80 bits per heavy atom. The van der Waals surface area contributed by atoms with E-state index in [0.717, 1.165) is 28.6 Å². The van der Waals surface area contributed by atoms with Crippen molar-refractivity contribution in [2.24, 2.45) is 0 Å². The van der Waals surface area contributed by atoms with Gasteiger partial charge in [-0.1, -0.05) is 127 Å². The van der Waals surface area contributed by atoms with Crippen LogP contribution in [0.4, 0.5) is 17.1 Å². The smallest absolute Gasteiger partial charge is 0.132 e. The van der Waals surface area contributed by atoms with Crippen molar-refractivity contribution < 1.29 is 4.74 Å². The predicted octanol–water partition coefficient (Wildman–Crippen LogP) is 11.3.